The molecule has 0 unspecified atom stereocenters. The summed E-state index contributed by atoms with van der Waals surface area (Å²) in [5.74, 6) is -0.507. The van der Waals surface area contributed by atoms with Crippen molar-refractivity contribution in [3.05, 3.63) is 59.3 Å². The number of anilines is 1. The van der Waals surface area contributed by atoms with Gasteiger partial charge in [-0.15, -0.1) is 11.3 Å². The van der Waals surface area contributed by atoms with Crippen LogP contribution in [0.2, 0.25) is 0 Å². The zero-order valence-electron chi connectivity index (χ0n) is 14.1. The Morgan fingerprint density at radius 2 is 1.89 bits per heavy atom. The number of rotatable bonds is 5. The maximum absolute atomic E-state index is 12.2. The van der Waals surface area contributed by atoms with Crippen LogP contribution in [0, 0.1) is 0 Å². The Hall–Kier alpha value is -3.26. The van der Waals surface area contributed by atoms with Gasteiger partial charge in [0.05, 0.1) is 16.1 Å². The molecule has 136 valence electrons. The van der Waals surface area contributed by atoms with E-state index in [9.17, 15) is 14.4 Å². The van der Waals surface area contributed by atoms with Crippen LogP contribution in [-0.4, -0.2) is 22.8 Å². The Labute approximate surface area is 158 Å². The molecule has 3 aromatic rings. The summed E-state index contributed by atoms with van der Waals surface area (Å²) in [6.45, 7) is -0.0153. The van der Waals surface area contributed by atoms with Crippen molar-refractivity contribution in [1.29, 1.82) is 0 Å². The third-order valence-corrected chi connectivity index (χ3v) is 4.91. The second-order valence-electron chi connectivity index (χ2n) is 5.87. The van der Waals surface area contributed by atoms with Crippen LogP contribution in [0.15, 0.2) is 52.5 Å². The normalized spacial score (nSPS) is 14.0. The van der Waals surface area contributed by atoms with E-state index in [1.54, 1.807) is 12.1 Å². The van der Waals surface area contributed by atoms with Crippen molar-refractivity contribution in [1.82, 2.24) is 4.98 Å². The van der Waals surface area contributed by atoms with Crippen molar-refractivity contribution in [3.8, 4) is 10.8 Å². The highest BCUT2D eigenvalue weighted by Gasteiger charge is 2.30. The number of ether oxygens (including phenoxy) is 1. The smallest absolute Gasteiger partial charge is 0.338 e. The second kappa shape index (κ2) is 7.16. The summed E-state index contributed by atoms with van der Waals surface area (Å²) in [7, 11) is 0. The minimum absolute atomic E-state index is 0.0153. The van der Waals surface area contributed by atoms with Crippen LogP contribution in [0.1, 0.15) is 28.9 Å². The van der Waals surface area contributed by atoms with Gasteiger partial charge in [-0.25, -0.2) is 9.78 Å². The quantitative estimate of drug-likeness (QED) is 0.496. The van der Waals surface area contributed by atoms with Crippen molar-refractivity contribution >= 4 is 34.8 Å². The molecule has 1 aliphatic rings. The molecule has 0 aliphatic carbocycles. The van der Waals surface area contributed by atoms with Crippen LogP contribution >= 0.6 is 11.3 Å². The van der Waals surface area contributed by atoms with Gasteiger partial charge < -0.3 is 9.15 Å². The van der Waals surface area contributed by atoms with E-state index >= 15 is 0 Å². The fourth-order valence-corrected chi connectivity index (χ4v) is 3.38. The average molecular weight is 382 g/mol. The van der Waals surface area contributed by atoms with E-state index in [-0.39, 0.29) is 31.3 Å². The van der Waals surface area contributed by atoms with Crippen molar-refractivity contribution in [2.75, 3.05) is 4.90 Å². The number of imide groups is 1. The number of nitrogens with zero attached hydrogens (tertiary/aromatic N) is 2. The summed E-state index contributed by atoms with van der Waals surface area (Å²) in [4.78, 5) is 42.0. The molecule has 27 heavy (non-hydrogen) atoms. The maximum Gasteiger partial charge on any atom is 0.338 e. The first-order valence-electron chi connectivity index (χ1n) is 8.23. The van der Waals surface area contributed by atoms with Gasteiger partial charge in [0.15, 0.2) is 0 Å². The van der Waals surface area contributed by atoms with Gasteiger partial charge in [-0.1, -0.05) is 6.07 Å². The van der Waals surface area contributed by atoms with E-state index in [1.807, 2.05) is 17.5 Å². The van der Waals surface area contributed by atoms with Gasteiger partial charge in [-0.3, -0.25) is 14.5 Å². The number of carbonyl (C=O) groups excluding carboxylic acids is 3. The third-order valence-electron chi connectivity index (χ3n) is 4.05. The molecule has 0 radical (unpaired) electrons. The number of esters is 1. The van der Waals surface area contributed by atoms with Crippen LogP contribution in [0.5, 0.6) is 0 Å². The fraction of sp³-hybridized carbons (Fsp3) is 0.158. The minimum atomic E-state index is -0.527. The van der Waals surface area contributed by atoms with Crippen molar-refractivity contribution in [2.24, 2.45) is 0 Å². The Bertz CT molecular complexity index is 976. The van der Waals surface area contributed by atoms with E-state index in [1.165, 1.54) is 29.7 Å². The van der Waals surface area contributed by atoms with Crippen LogP contribution in [0.25, 0.3) is 10.8 Å². The van der Waals surface area contributed by atoms with Crippen LogP contribution in [0.3, 0.4) is 0 Å². The van der Waals surface area contributed by atoms with Crippen molar-refractivity contribution < 1.29 is 23.5 Å². The summed E-state index contributed by atoms with van der Waals surface area (Å²) in [5, 5.41) is 1.92. The number of oxazole rings is 1. The number of benzene rings is 1. The number of hydrogen-bond acceptors (Lipinski definition) is 7. The highest BCUT2D eigenvalue weighted by Crippen LogP contribution is 2.25. The highest BCUT2D eigenvalue weighted by molar-refractivity contribution is 7.13. The first-order chi connectivity index (χ1) is 13.1. The lowest BCUT2D eigenvalue weighted by atomic mass is 10.2. The Morgan fingerprint density at radius 3 is 2.56 bits per heavy atom. The molecular formula is C19H14N2O5S. The maximum atomic E-state index is 12.2. The Morgan fingerprint density at radius 1 is 1.15 bits per heavy atom. The molecule has 1 saturated heterocycles. The summed E-state index contributed by atoms with van der Waals surface area (Å²) < 4.78 is 10.6. The zero-order chi connectivity index (χ0) is 18.8. The molecule has 0 saturated carbocycles. The summed E-state index contributed by atoms with van der Waals surface area (Å²) >= 11 is 1.51. The molecule has 4 rings (SSSR count). The van der Waals surface area contributed by atoms with Crippen LogP contribution in [0.4, 0.5) is 5.69 Å². The molecule has 0 atom stereocenters. The van der Waals surface area contributed by atoms with E-state index in [0.29, 0.717) is 22.8 Å². The van der Waals surface area contributed by atoms with E-state index in [2.05, 4.69) is 4.98 Å². The Balaban J connectivity index is 1.39. The molecule has 1 aliphatic heterocycles. The molecule has 2 aromatic heterocycles. The van der Waals surface area contributed by atoms with Crippen LogP contribution < -0.4 is 4.90 Å². The molecule has 3 heterocycles. The first kappa shape index (κ1) is 17.2. The lowest BCUT2D eigenvalue weighted by molar-refractivity contribution is -0.121. The molecule has 1 fully saturated rings. The lowest BCUT2D eigenvalue weighted by Crippen LogP contribution is -2.28. The lowest BCUT2D eigenvalue weighted by Gasteiger charge is -2.13. The molecule has 7 nitrogen and oxygen atoms in total. The van der Waals surface area contributed by atoms with Gasteiger partial charge in [0, 0.05) is 12.8 Å². The van der Waals surface area contributed by atoms with Gasteiger partial charge >= 0.3 is 5.97 Å². The predicted molar refractivity (Wildman–Crippen MR) is 97.1 cm³/mol. The zero-order valence-corrected chi connectivity index (χ0v) is 14.9. The summed E-state index contributed by atoms with van der Waals surface area (Å²) in [6.07, 6.45) is 1.89. The van der Waals surface area contributed by atoms with Gasteiger partial charge in [0.25, 0.3) is 0 Å². The number of carbonyl (C=O) groups is 3. The number of hydrogen-bond donors (Lipinski definition) is 0. The topological polar surface area (TPSA) is 89.7 Å². The predicted octanol–water partition coefficient (Wildman–Crippen LogP) is 3.41. The molecule has 0 bridgehead atoms. The molecule has 1 aromatic carbocycles. The molecular weight excluding hydrogens is 368 g/mol. The molecule has 0 spiro atoms. The Kier molecular flexibility index (Phi) is 4.55. The van der Waals surface area contributed by atoms with Gasteiger partial charge in [0.1, 0.15) is 18.6 Å². The van der Waals surface area contributed by atoms with Crippen molar-refractivity contribution in [2.45, 2.75) is 19.4 Å². The van der Waals surface area contributed by atoms with Crippen LogP contribution in [-0.2, 0) is 20.9 Å². The first-order valence-corrected chi connectivity index (χ1v) is 9.11. The number of amides is 2. The number of aromatic nitrogens is 1. The van der Waals surface area contributed by atoms with Gasteiger partial charge in [0.2, 0.25) is 17.7 Å². The van der Waals surface area contributed by atoms with Gasteiger partial charge in [-0.05, 0) is 35.7 Å². The minimum Gasteiger partial charge on any atom is -0.455 e. The second-order valence-corrected chi connectivity index (χ2v) is 6.81. The van der Waals surface area contributed by atoms with E-state index in [4.69, 9.17) is 9.15 Å². The van der Waals surface area contributed by atoms with Crippen molar-refractivity contribution in [3.63, 3.8) is 0 Å². The van der Waals surface area contributed by atoms with E-state index in [0.717, 1.165) is 9.78 Å². The molecule has 2 amide bonds. The SMILES string of the molecule is O=C(OCc1coc(-c2cccs2)n1)c1ccc(N2C(=O)CCC2=O)cc1. The summed E-state index contributed by atoms with van der Waals surface area (Å²) in [6, 6.07) is 9.96. The fourth-order valence-electron chi connectivity index (χ4n) is 2.72. The highest BCUT2D eigenvalue weighted by atomic mass is 32.1. The van der Waals surface area contributed by atoms with Gasteiger partial charge in [-0.2, -0.15) is 0 Å². The average Bonchev–Trinajstić information content (AvgIpc) is 3.41. The summed E-state index contributed by atoms with van der Waals surface area (Å²) in [5.41, 5.74) is 1.28. The monoisotopic (exact) mass is 382 g/mol. The third kappa shape index (κ3) is 3.52. The molecule has 0 N–H and O–H groups in total. The standard InChI is InChI=1S/C19H14N2O5S/c22-16-7-8-17(23)21(16)14-5-3-12(4-6-14)19(24)26-11-13-10-25-18(20-13)15-2-1-9-27-15/h1-6,9-10H,7-8,11H2. The number of thiophene rings is 1. The molecule has 8 heteroatoms. The largest absolute Gasteiger partial charge is 0.455 e. The van der Waals surface area contributed by atoms with E-state index < -0.39 is 5.97 Å².